The summed E-state index contributed by atoms with van der Waals surface area (Å²) < 4.78 is 5.83. The first-order valence-corrected chi connectivity index (χ1v) is 17.7. The van der Waals surface area contributed by atoms with E-state index in [0.717, 1.165) is 43.6 Å². The second kappa shape index (κ2) is 11.9. The van der Waals surface area contributed by atoms with Crippen LogP contribution in [0.2, 0.25) is 0 Å². The van der Waals surface area contributed by atoms with Crippen molar-refractivity contribution in [3.8, 4) is 45.5 Å². The molecule has 7 aromatic carbocycles. The quantitative estimate of drug-likeness (QED) is 0.178. The van der Waals surface area contributed by atoms with Crippen molar-refractivity contribution in [2.24, 2.45) is 0 Å². The Labute approximate surface area is 302 Å². The molecule has 0 saturated heterocycles. The number of hydrogen-bond acceptors (Lipinski definition) is 3. The van der Waals surface area contributed by atoms with E-state index in [1.165, 1.54) is 32.6 Å². The van der Waals surface area contributed by atoms with E-state index >= 15 is 0 Å². The molecule has 0 bridgehead atoms. The van der Waals surface area contributed by atoms with Crippen molar-refractivity contribution in [2.75, 3.05) is 0 Å². The molecule has 6 heteroatoms. The third kappa shape index (κ3) is 4.79. The van der Waals surface area contributed by atoms with Gasteiger partial charge in [0, 0.05) is 48.4 Å². The molecule has 0 aliphatic rings. The molecule has 0 amide bonds. The van der Waals surface area contributed by atoms with Crippen molar-refractivity contribution in [3.05, 3.63) is 174 Å². The summed E-state index contributed by atoms with van der Waals surface area (Å²) in [6.07, 6.45) is 0. The normalized spacial score (nSPS) is 11.6. The van der Waals surface area contributed by atoms with Crippen LogP contribution in [0.1, 0.15) is 0 Å². The highest BCUT2D eigenvalue weighted by molar-refractivity contribution is 9.10. The smallest absolute Gasteiger partial charge is 0.164 e. The fourth-order valence-electron chi connectivity index (χ4n) is 7.37. The monoisotopic (exact) mass is 717 g/mol. The molecule has 0 unspecified atom stereocenters. The zero-order valence-corrected chi connectivity index (χ0v) is 28.9. The van der Waals surface area contributed by atoms with Gasteiger partial charge in [-0.25, -0.2) is 15.0 Å². The van der Waals surface area contributed by atoms with Crippen LogP contribution in [-0.4, -0.2) is 24.1 Å². The van der Waals surface area contributed by atoms with Crippen LogP contribution in [0.25, 0.3) is 89.2 Å². The maximum absolute atomic E-state index is 4.96. The van der Waals surface area contributed by atoms with E-state index < -0.39 is 0 Å². The molecule has 0 saturated carbocycles. The van der Waals surface area contributed by atoms with Gasteiger partial charge >= 0.3 is 0 Å². The van der Waals surface area contributed by atoms with Crippen LogP contribution in [-0.2, 0) is 0 Å². The number of aromatic nitrogens is 5. The number of hydrogen-bond donors (Lipinski definition) is 0. The molecule has 0 aliphatic heterocycles. The molecule has 51 heavy (non-hydrogen) atoms. The van der Waals surface area contributed by atoms with Crippen molar-refractivity contribution < 1.29 is 0 Å². The van der Waals surface area contributed by atoms with Gasteiger partial charge in [0.2, 0.25) is 0 Å². The fourth-order valence-corrected chi connectivity index (χ4v) is 7.83. The van der Waals surface area contributed by atoms with Crippen LogP contribution < -0.4 is 0 Å². The molecule has 5 nitrogen and oxygen atoms in total. The van der Waals surface area contributed by atoms with Crippen LogP contribution in [0.15, 0.2) is 174 Å². The molecule has 0 atom stereocenters. The Kier molecular flexibility index (Phi) is 6.89. The first-order valence-electron chi connectivity index (χ1n) is 16.9. The van der Waals surface area contributed by atoms with Crippen LogP contribution in [0.3, 0.4) is 0 Å². The molecule has 0 fully saturated rings. The van der Waals surface area contributed by atoms with E-state index in [0.29, 0.717) is 17.5 Å². The van der Waals surface area contributed by atoms with E-state index in [2.05, 4.69) is 134 Å². The van der Waals surface area contributed by atoms with Crippen molar-refractivity contribution in [2.45, 2.75) is 0 Å². The SMILES string of the molecule is Brc1ccccc1-n1c2ccccc2c2ccc3c(c4ccccc4n3-c3ccc(-c4nc(-c5ccccc5)nc(-c5ccccc5)n4)cc3)c21. The zero-order valence-electron chi connectivity index (χ0n) is 27.3. The van der Waals surface area contributed by atoms with Gasteiger partial charge in [-0.15, -0.1) is 0 Å². The van der Waals surface area contributed by atoms with Gasteiger partial charge in [-0.2, -0.15) is 0 Å². The lowest BCUT2D eigenvalue weighted by Crippen LogP contribution is -2.00. The number of benzene rings is 7. The Bertz CT molecular complexity index is 2850. The van der Waals surface area contributed by atoms with Gasteiger partial charge in [0.05, 0.1) is 27.8 Å². The van der Waals surface area contributed by atoms with E-state index in [4.69, 9.17) is 15.0 Å². The van der Waals surface area contributed by atoms with Crippen LogP contribution in [0, 0.1) is 0 Å². The summed E-state index contributed by atoms with van der Waals surface area (Å²) in [5.74, 6) is 1.93. The van der Waals surface area contributed by atoms with Gasteiger partial charge in [-0.05, 0) is 70.5 Å². The Morgan fingerprint density at radius 3 is 1.51 bits per heavy atom. The van der Waals surface area contributed by atoms with Crippen molar-refractivity contribution in [1.29, 1.82) is 0 Å². The molecule has 3 heterocycles. The molecule has 10 rings (SSSR count). The van der Waals surface area contributed by atoms with E-state index in [1.54, 1.807) is 0 Å². The number of nitrogens with zero attached hydrogens (tertiary/aromatic N) is 5. The highest BCUT2D eigenvalue weighted by Gasteiger charge is 2.21. The Morgan fingerprint density at radius 2 is 0.882 bits per heavy atom. The van der Waals surface area contributed by atoms with Crippen LogP contribution >= 0.6 is 15.9 Å². The number of para-hydroxylation sites is 3. The molecule has 0 N–H and O–H groups in total. The Hall–Kier alpha value is -6.37. The predicted molar refractivity (Wildman–Crippen MR) is 213 cm³/mol. The molecular formula is C45H28BrN5. The summed E-state index contributed by atoms with van der Waals surface area (Å²) in [5.41, 5.74) is 9.66. The minimum absolute atomic E-state index is 0.635. The van der Waals surface area contributed by atoms with Crippen LogP contribution in [0.5, 0.6) is 0 Å². The fraction of sp³-hybridized carbons (Fsp3) is 0. The second-order valence-corrected chi connectivity index (χ2v) is 13.5. The number of rotatable bonds is 5. The van der Waals surface area contributed by atoms with Crippen molar-refractivity contribution >= 4 is 59.5 Å². The maximum Gasteiger partial charge on any atom is 0.164 e. The zero-order chi connectivity index (χ0) is 33.9. The maximum atomic E-state index is 4.96. The second-order valence-electron chi connectivity index (χ2n) is 12.6. The summed E-state index contributed by atoms with van der Waals surface area (Å²) in [4.78, 5) is 14.8. The van der Waals surface area contributed by atoms with Crippen molar-refractivity contribution in [3.63, 3.8) is 0 Å². The largest absolute Gasteiger partial charge is 0.309 e. The van der Waals surface area contributed by atoms with Gasteiger partial charge in [0.1, 0.15) is 0 Å². The van der Waals surface area contributed by atoms with Crippen LogP contribution in [0.4, 0.5) is 0 Å². The predicted octanol–water partition coefficient (Wildman–Crippen LogP) is 11.8. The summed E-state index contributed by atoms with van der Waals surface area (Å²) in [6, 6.07) is 59.1. The van der Waals surface area contributed by atoms with Gasteiger partial charge in [-0.3, -0.25) is 0 Å². The number of fused-ring (bicyclic) bond motifs is 7. The minimum Gasteiger partial charge on any atom is -0.309 e. The Balaban J connectivity index is 1.18. The third-order valence-electron chi connectivity index (χ3n) is 9.65. The summed E-state index contributed by atoms with van der Waals surface area (Å²) in [6.45, 7) is 0. The minimum atomic E-state index is 0.635. The average molecular weight is 719 g/mol. The molecule has 240 valence electrons. The molecule has 10 aromatic rings. The first kappa shape index (κ1) is 29.5. The summed E-state index contributed by atoms with van der Waals surface area (Å²) in [7, 11) is 0. The first-order chi connectivity index (χ1) is 25.2. The third-order valence-corrected chi connectivity index (χ3v) is 10.3. The molecular weight excluding hydrogens is 690 g/mol. The van der Waals surface area contributed by atoms with Crippen molar-refractivity contribution in [1.82, 2.24) is 24.1 Å². The number of halogens is 1. The summed E-state index contributed by atoms with van der Waals surface area (Å²) >= 11 is 3.87. The van der Waals surface area contributed by atoms with Gasteiger partial charge in [0.15, 0.2) is 17.5 Å². The van der Waals surface area contributed by atoms with E-state index in [1.807, 2.05) is 60.7 Å². The lowest BCUT2D eigenvalue weighted by molar-refractivity contribution is 1.07. The molecule has 0 spiro atoms. The van der Waals surface area contributed by atoms with Gasteiger partial charge in [-0.1, -0.05) is 115 Å². The molecule has 0 radical (unpaired) electrons. The lowest BCUT2D eigenvalue weighted by Gasteiger charge is -2.12. The van der Waals surface area contributed by atoms with Gasteiger partial charge < -0.3 is 9.13 Å². The highest BCUT2D eigenvalue weighted by atomic mass is 79.9. The average Bonchev–Trinajstić information content (AvgIpc) is 3.72. The molecule has 3 aromatic heterocycles. The summed E-state index contributed by atoms with van der Waals surface area (Å²) in [5, 5.41) is 4.88. The van der Waals surface area contributed by atoms with Gasteiger partial charge in [0.25, 0.3) is 0 Å². The topological polar surface area (TPSA) is 48.5 Å². The van der Waals surface area contributed by atoms with E-state index in [9.17, 15) is 0 Å². The molecule has 0 aliphatic carbocycles. The standard InChI is InChI=1S/C45H28BrN5/c46-36-19-9-12-22-39(36)51-37-20-10-7-17-33(37)34-27-28-40-41(42(34)51)35-18-8-11-21-38(35)50(40)32-25-23-31(24-26-32)45-48-43(29-13-3-1-4-14-29)47-44(49-45)30-15-5-2-6-16-30/h1-28H. The highest BCUT2D eigenvalue weighted by Crippen LogP contribution is 2.43. The Morgan fingerprint density at radius 1 is 0.373 bits per heavy atom. The lowest BCUT2D eigenvalue weighted by atomic mass is 10.1. The van der Waals surface area contributed by atoms with E-state index in [-0.39, 0.29) is 0 Å².